The lowest BCUT2D eigenvalue weighted by Crippen LogP contribution is -2.06. The predicted octanol–water partition coefficient (Wildman–Crippen LogP) is 6.37. The van der Waals surface area contributed by atoms with Crippen molar-refractivity contribution in [1.82, 2.24) is 0 Å². The quantitative estimate of drug-likeness (QED) is 0.399. The zero-order valence-corrected chi connectivity index (χ0v) is 14.3. The van der Waals surface area contributed by atoms with Crippen molar-refractivity contribution in [3.05, 3.63) is 96.1 Å². The molecule has 0 aliphatic carbocycles. The van der Waals surface area contributed by atoms with Gasteiger partial charge in [0, 0.05) is 12.0 Å². The largest absolute Gasteiger partial charge is 0.294 e. The molecule has 122 valence electrons. The second kappa shape index (κ2) is 6.52. The van der Waals surface area contributed by atoms with Gasteiger partial charge in [0.1, 0.15) is 0 Å². The number of hydrogen-bond acceptors (Lipinski definition) is 1. The Morgan fingerprint density at radius 3 is 2.04 bits per heavy atom. The van der Waals surface area contributed by atoms with E-state index in [1.807, 2.05) is 30.3 Å². The maximum absolute atomic E-state index is 13.0. The van der Waals surface area contributed by atoms with Crippen LogP contribution in [0, 0.1) is 0 Å². The third-order valence-corrected chi connectivity index (χ3v) is 4.94. The summed E-state index contributed by atoms with van der Waals surface area (Å²) in [6, 6.07) is 28.8. The van der Waals surface area contributed by atoms with Crippen LogP contribution in [-0.4, -0.2) is 5.78 Å². The van der Waals surface area contributed by atoms with Gasteiger partial charge in [-0.05, 0) is 33.0 Å². The molecule has 0 radical (unpaired) electrons. The molecule has 0 bridgehead atoms. The first-order valence-corrected chi connectivity index (χ1v) is 8.72. The average Bonchev–Trinajstić information content (AvgIpc) is 2.67. The average molecular weight is 324 g/mol. The van der Waals surface area contributed by atoms with Crippen LogP contribution < -0.4 is 0 Å². The van der Waals surface area contributed by atoms with Gasteiger partial charge in [-0.1, -0.05) is 91.9 Å². The number of fused-ring (bicyclic) bond motifs is 2. The van der Waals surface area contributed by atoms with E-state index in [2.05, 4.69) is 61.5 Å². The number of carbonyl (C=O) groups is 1. The topological polar surface area (TPSA) is 17.1 Å². The molecule has 0 amide bonds. The Morgan fingerprint density at radius 2 is 1.28 bits per heavy atom. The molecule has 1 heteroatoms. The van der Waals surface area contributed by atoms with Crippen molar-refractivity contribution in [1.29, 1.82) is 0 Å². The van der Waals surface area contributed by atoms with Gasteiger partial charge in [0.15, 0.2) is 5.78 Å². The highest BCUT2D eigenvalue weighted by Crippen LogP contribution is 2.29. The summed E-state index contributed by atoms with van der Waals surface area (Å²) < 4.78 is 0. The summed E-state index contributed by atoms with van der Waals surface area (Å²) in [6.45, 7) is 2.14. The molecular weight excluding hydrogens is 304 g/mol. The molecule has 0 aliphatic rings. The number of rotatable bonds is 4. The molecule has 25 heavy (non-hydrogen) atoms. The van der Waals surface area contributed by atoms with Gasteiger partial charge in [0.2, 0.25) is 0 Å². The summed E-state index contributed by atoms with van der Waals surface area (Å²) in [5.41, 5.74) is 2.07. The Labute approximate surface area is 147 Å². The van der Waals surface area contributed by atoms with Crippen LogP contribution in [0.5, 0.6) is 0 Å². The minimum absolute atomic E-state index is 0.178. The lowest BCUT2D eigenvalue weighted by Gasteiger charge is -2.15. The van der Waals surface area contributed by atoms with Crippen LogP contribution in [0.25, 0.3) is 21.5 Å². The molecule has 0 spiro atoms. The molecule has 1 nitrogen and oxygen atoms in total. The van der Waals surface area contributed by atoms with E-state index in [4.69, 9.17) is 0 Å². The Bertz CT molecular complexity index is 1050. The highest BCUT2D eigenvalue weighted by molar-refractivity contribution is 6.08. The van der Waals surface area contributed by atoms with Gasteiger partial charge in [-0.2, -0.15) is 0 Å². The van der Waals surface area contributed by atoms with Crippen molar-refractivity contribution < 1.29 is 4.79 Å². The fourth-order valence-electron chi connectivity index (χ4n) is 3.65. The number of ketones is 1. The molecule has 4 aromatic carbocycles. The van der Waals surface area contributed by atoms with Gasteiger partial charge >= 0.3 is 0 Å². The minimum Gasteiger partial charge on any atom is -0.294 e. The molecule has 1 unspecified atom stereocenters. The van der Waals surface area contributed by atoms with Crippen molar-refractivity contribution in [3.8, 4) is 0 Å². The molecule has 0 saturated heterocycles. The molecule has 4 rings (SSSR count). The lowest BCUT2D eigenvalue weighted by molar-refractivity contribution is 0.0977. The first-order valence-electron chi connectivity index (χ1n) is 8.72. The Balaban J connectivity index is 1.68. The smallest absolute Gasteiger partial charge is 0.164 e. The van der Waals surface area contributed by atoms with Gasteiger partial charge in [-0.25, -0.2) is 0 Å². The van der Waals surface area contributed by atoms with Crippen LogP contribution in [0.3, 0.4) is 0 Å². The van der Waals surface area contributed by atoms with E-state index in [0.717, 1.165) is 16.3 Å². The molecule has 1 atom stereocenters. The Hall–Kier alpha value is -2.93. The van der Waals surface area contributed by atoms with Gasteiger partial charge < -0.3 is 0 Å². The van der Waals surface area contributed by atoms with Gasteiger partial charge in [0.05, 0.1) is 0 Å². The summed E-state index contributed by atoms with van der Waals surface area (Å²) in [5.74, 6) is 0.384. The maximum atomic E-state index is 13.0. The molecule has 0 saturated carbocycles. The standard InChI is InChI=1S/C24H20O/c1-17(20-14-6-10-18-8-2-4-12-21(18)20)16-24(25)23-15-7-11-19-9-3-5-13-22(19)23/h2-15,17H,16H2,1H3. The molecule has 0 fully saturated rings. The van der Waals surface area contributed by atoms with Crippen LogP contribution in [0.4, 0.5) is 0 Å². The molecule has 0 aromatic heterocycles. The third-order valence-electron chi connectivity index (χ3n) is 4.94. The fourth-order valence-corrected chi connectivity index (χ4v) is 3.65. The SMILES string of the molecule is CC(CC(=O)c1cccc2ccccc12)c1cccc2ccccc12. The van der Waals surface area contributed by atoms with Crippen molar-refractivity contribution in [2.24, 2.45) is 0 Å². The normalized spacial score (nSPS) is 12.4. The van der Waals surface area contributed by atoms with Crippen molar-refractivity contribution in [3.63, 3.8) is 0 Å². The van der Waals surface area contributed by atoms with Crippen molar-refractivity contribution in [2.45, 2.75) is 19.3 Å². The Kier molecular flexibility index (Phi) is 4.07. The maximum Gasteiger partial charge on any atom is 0.164 e. The van der Waals surface area contributed by atoms with Crippen LogP contribution in [-0.2, 0) is 0 Å². The zero-order valence-electron chi connectivity index (χ0n) is 14.3. The minimum atomic E-state index is 0.178. The summed E-state index contributed by atoms with van der Waals surface area (Å²) in [6.07, 6.45) is 0.516. The summed E-state index contributed by atoms with van der Waals surface area (Å²) in [7, 11) is 0. The van der Waals surface area contributed by atoms with Crippen LogP contribution in [0.1, 0.15) is 35.2 Å². The molecule has 0 heterocycles. The van der Waals surface area contributed by atoms with Crippen LogP contribution in [0.15, 0.2) is 84.9 Å². The van der Waals surface area contributed by atoms with Gasteiger partial charge in [0.25, 0.3) is 0 Å². The van der Waals surface area contributed by atoms with Gasteiger partial charge in [-0.3, -0.25) is 4.79 Å². The summed E-state index contributed by atoms with van der Waals surface area (Å²) >= 11 is 0. The first kappa shape index (κ1) is 15.6. The second-order valence-electron chi connectivity index (χ2n) is 6.62. The van der Waals surface area contributed by atoms with E-state index in [1.165, 1.54) is 16.3 Å². The third kappa shape index (κ3) is 2.94. The number of benzene rings is 4. The van der Waals surface area contributed by atoms with E-state index in [-0.39, 0.29) is 11.7 Å². The van der Waals surface area contributed by atoms with Crippen LogP contribution in [0.2, 0.25) is 0 Å². The first-order chi connectivity index (χ1) is 12.2. The summed E-state index contributed by atoms with van der Waals surface area (Å²) in [4.78, 5) is 13.0. The van der Waals surface area contributed by atoms with E-state index >= 15 is 0 Å². The molecule has 4 aromatic rings. The van der Waals surface area contributed by atoms with Crippen molar-refractivity contribution >= 4 is 27.3 Å². The molecule has 0 aliphatic heterocycles. The lowest BCUT2D eigenvalue weighted by atomic mass is 9.88. The number of hydrogen-bond donors (Lipinski definition) is 0. The van der Waals surface area contributed by atoms with E-state index < -0.39 is 0 Å². The van der Waals surface area contributed by atoms with E-state index in [0.29, 0.717) is 6.42 Å². The van der Waals surface area contributed by atoms with Gasteiger partial charge in [-0.15, -0.1) is 0 Å². The fraction of sp³-hybridized carbons (Fsp3) is 0.125. The predicted molar refractivity (Wildman–Crippen MR) is 105 cm³/mol. The van der Waals surface area contributed by atoms with Crippen molar-refractivity contribution in [2.75, 3.05) is 0 Å². The van der Waals surface area contributed by atoms with E-state index in [9.17, 15) is 4.79 Å². The Morgan fingerprint density at radius 1 is 0.720 bits per heavy atom. The highest BCUT2D eigenvalue weighted by Gasteiger charge is 2.16. The summed E-state index contributed by atoms with van der Waals surface area (Å²) in [5, 5.41) is 4.62. The zero-order chi connectivity index (χ0) is 17.2. The second-order valence-corrected chi connectivity index (χ2v) is 6.62. The molecule has 0 N–H and O–H groups in total. The number of Topliss-reactive ketones (excluding diaryl/α,β-unsaturated/α-hetero) is 1. The number of carbonyl (C=O) groups excluding carboxylic acids is 1. The van der Waals surface area contributed by atoms with E-state index in [1.54, 1.807) is 0 Å². The van der Waals surface area contributed by atoms with Crippen LogP contribution >= 0.6 is 0 Å². The molecular formula is C24H20O. The monoisotopic (exact) mass is 324 g/mol. The highest BCUT2D eigenvalue weighted by atomic mass is 16.1.